The lowest BCUT2D eigenvalue weighted by atomic mass is 10.2. The number of alkyl carbamates (subject to hydrolysis) is 1. The van der Waals surface area contributed by atoms with Gasteiger partial charge >= 0.3 is 12.1 Å². The van der Waals surface area contributed by atoms with Gasteiger partial charge in [-0.15, -0.1) is 0 Å². The van der Waals surface area contributed by atoms with Gasteiger partial charge in [0, 0.05) is 18.8 Å². The fourth-order valence-corrected chi connectivity index (χ4v) is 1.81. The summed E-state index contributed by atoms with van der Waals surface area (Å²) in [5.74, 6) is -0.695. The van der Waals surface area contributed by atoms with Gasteiger partial charge in [0.05, 0.1) is 12.2 Å². The van der Waals surface area contributed by atoms with Crippen LogP contribution in [0.15, 0.2) is 48.7 Å². The second-order valence-corrected chi connectivity index (χ2v) is 4.88. The highest BCUT2D eigenvalue weighted by Crippen LogP contribution is 2.07. The van der Waals surface area contributed by atoms with Crippen LogP contribution in [0.3, 0.4) is 0 Å². The number of amides is 1. The molecule has 126 valence electrons. The van der Waals surface area contributed by atoms with Crippen LogP contribution in [0.5, 0.6) is 5.88 Å². The molecule has 0 saturated heterocycles. The van der Waals surface area contributed by atoms with E-state index in [2.05, 4.69) is 10.3 Å². The first-order valence-corrected chi connectivity index (χ1v) is 7.42. The topological polar surface area (TPSA) is 97.8 Å². The molecule has 0 aliphatic heterocycles. The number of carbonyl (C=O) groups excluding carboxylic acids is 1. The average molecular weight is 330 g/mol. The smallest absolute Gasteiger partial charge is 0.407 e. The van der Waals surface area contributed by atoms with E-state index < -0.39 is 12.1 Å². The van der Waals surface area contributed by atoms with E-state index in [9.17, 15) is 9.59 Å². The monoisotopic (exact) mass is 330 g/mol. The minimum atomic E-state index is -1.03. The lowest BCUT2D eigenvalue weighted by Crippen LogP contribution is -2.26. The lowest BCUT2D eigenvalue weighted by Gasteiger charge is -2.08. The van der Waals surface area contributed by atoms with Crippen LogP contribution in [0.1, 0.15) is 22.3 Å². The summed E-state index contributed by atoms with van der Waals surface area (Å²) in [4.78, 5) is 26.1. The number of rotatable bonds is 8. The standard InChI is InChI=1S/C17H18N2O5/c20-16(21)14-7-8-15(19-11-14)23-10-4-9-18-17(22)24-12-13-5-2-1-3-6-13/h1-3,5-8,11H,4,9-10,12H2,(H,18,22)(H,20,21). The molecule has 0 bridgehead atoms. The summed E-state index contributed by atoms with van der Waals surface area (Å²) < 4.78 is 10.4. The molecule has 24 heavy (non-hydrogen) atoms. The number of hydrogen-bond acceptors (Lipinski definition) is 5. The maximum Gasteiger partial charge on any atom is 0.407 e. The van der Waals surface area contributed by atoms with Gasteiger partial charge in [-0.1, -0.05) is 30.3 Å². The number of aromatic nitrogens is 1. The first-order chi connectivity index (χ1) is 11.6. The highest BCUT2D eigenvalue weighted by atomic mass is 16.5. The molecule has 7 nitrogen and oxygen atoms in total. The molecule has 1 aromatic carbocycles. The van der Waals surface area contributed by atoms with Crippen molar-refractivity contribution in [2.45, 2.75) is 13.0 Å². The second-order valence-electron chi connectivity index (χ2n) is 4.88. The second kappa shape index (κ2) is 9.14. The molecule has 0 atom stereocenters. The molecule has 0 radical (unpaired) electrons. The molecule has 1 amide bonds. The van der Waals surface area contributed by atoms with Gasteiger partial charge in [0.15, 0.2) is 0 Å². The average Bonchev–Trinajstić information content (AvgIpc) is 2.61. The maximum atomic E-state index is 11.5. The Kier molecular flexibility index (Phi) is 6.58. The summed E-state index contributed by atoms with van der Waals surface area (Å²) in [6, 6.07) is 12.3. The van der Waals surface area contributed by atoms with Gasteiger partial charge in [-0.2, -0.15) is 0 Å². The fraction of sp³-hybridized carbons (Fsp3) is 0.235. The number of pyridine rings is 1. The zero-order valence-electron chi connectivity index (χ0n) is 13.0. The van der Waals surface area contributed by atoms with Crippen LogP contribution in [-0.4, -0.2) is 35.3 Å². The number of hydrogen-bond donors (Lipinski definition) is 2. The summed E-state index contributed by atoms with van der Waals surface area (Å²) >= 11 is 0. The van der Waals surface area contributed by atoms with Gasteiger partial charge in [0.2, 0.25) is 5.88 Å². The van der Waals surface area contributed by atoms with E-state index in [1.54, 1.807) is 0 Å². The molecule has 0 saturated carbocycles. The van der Waals surface area contributed by atoms with Crippen LogP contribution in [0.25, 0.3) is 0 Å². The molecule has 7 heteroatoms. The van der Waals surface area contributed by atoms with E-state index >= 15 is 0 Å². The van der Waals surface area contributed by atoms with Crippen LogP contribution in [0.2, 0.25) is 0 Å². The SMILES string of the molecule is O=C(NCCCOc1ccc(C(=O)O)cn1)OCc1ccccc1. The Bertz CT molecular complexity index is 658. The highest BCUT2D eigenvalue weighted by molar-refractivity contribution is 5.87. The Balaban J connectivity index is 1.57. The third kappa shape index (κ3) is 5.96. The molecular formula is C17H18N2O5. The Labute approximate surface area is 139 Å². The summed E-state index contributed by atoms with van der Waals surface area (Å²) in [6.07, 6.45) is 1.32. The van der Waals surface area contributed by atoms with Crippen molar-refractivity contribution in [1.82, 2.24) is 10.3 Å². The van der Waals surface area contributed by atoms with Gasteiger partial charge in [0.1, 0.15) is 6.61 Å². The van der Waals surface area contributed by atoms with Crippen molar-refractivity contribution in [2.24, 2.45) is 0 Å². The molecule has 0 unspecified atom stereocenters. The van der Waals surface area contributed by atoms with Crippen LogP contribution in [-0.2, 0) is 11.3 Å². The zero-order valence-corrected chi connectivity index (χ0v) is 13.0. The van der Waals surface area contributed by atoms with Crippen molar-refractivity contribution in [3.05, 3.63) is 59.8 Å². The number of nitrogens with zero attached hydrogens (tertiary/aromatic N) is 1. The zero-order chi connectivity index (χ0) is 17.2. The van der Waals surface area contributed by atoms with Crippen LogP contribution in [0, 0.1) is 0 Å². The summed E-state index contributed by atoms with van der Waals surface area (Å²) in [6.45, 7) is 0.974. The van der Waals surface area contributed by atoms with Gasteiger partial charge < -0.3 is 19.9 Å². The quantitative estimate of drug-likeness (QED) is 0.722. The number of ether oxygens (including phenoxy) is 2. The molecular weight excluding hydrogens is 312 g/mol. The number of carboxylic acids is 1. The fourth-order valence-electron chi connectivity index (χ4n) is 1.81. The third-order valence-corrected chi connectivity index (χ3v) is 3.04. The normalized spacial score (nSPS) is 10.0. The van der Waals surface area contributed by atoms with Crippen LogP contribution in [0.4, 0.5) is 4.79 Å². The number of benzene rings is 1. The predicted octanol–water partition coefficient (Wildman–Crippen LogP) is 2.48. The van der Waals surface area contributed by atoms with Crippen molar-refractivity contribution in [1.29, 1.82) is 0 Å². The van der Waals surface area contributed by atoms with Crippen molar-refractivity contribution in [3.63, 3.8) is 0 Å². The Morgan fingerprint density at radius 1 is 1.12 bits per heavy atom. The van der Waals surface area contributed by atoms with Gasteiger partial charge in [-0.25, -0.2) is 14.6 Å². The minimum Gasteiger partial charge on any atom is -0.478 e. The van der Waals surface area contributed by atoms with E-state index in [0.717, 1.165) is 5.56 Å². The van der Waals surface area contributed by atoms with Crippen molar-refractivity contribution in [3.8, 4) is 5.88 Å². The van der Waals surface area contributed by atoms with Crippen LogP contribution >= 0.6 is 0 Å². The number of nitrogens with one attached hydrogen (secondary N) is 1. The summed E-state index contributed by atoms with van der Waals surface area (Å²) in [5.41, 5.74) is 1.03. The number of carboxylic acid groups (broad SMARTS) is 1. The molecule has 0 spiro atoms. The molecule has 2 aromatic rings. The molecule has 0 aliphatic carbocycles. The van der Waals surface area contributed by atoms with E-state index in [1.807, 2.05) is 30.3 Å². The van der Waals surface area contributed by atoms with Gasteiger partial charge in [0.25, 0.3) is 0 Å². The van der Waals surface area contributed by atoms with E-state index in [4.69, 9.17) is 14.6 Å². The van der Waals surface area contributed by atoms with Crippen LogP contribution < -0.4 is 10.1 Å². The Hall–Kier alpha value is -3.09. The van der Waals surface area contributed by atoms with Gasteiger partial charge in [-0.3, -0.25) is 0 Å². The third-order valence-electron chi connectivity index (χ3n) is 3.04. The Morgan fingerprint density at radius 2 is 1.92 bits per heavy atom. The van der Waals surface area contributed by atoms with Crippen molar-refractivity contribution >= 4 is 12.1 Å². The van der Waals surface area contributed by atoms with E-state index in [-0.39, 0.29) is 12.2 Å². The van der Waals surface area contributed by atoms with Gasteiger partial charge in [-0.05, 0) is 18.1 Å². The minimum absolute atomic E-state index is 0.102. The molecule has 1 heterocycles. The predicted molar refractivity (Wildman–Crippen MR) is 85.9 cm³/mol. The van der Waals surface area contributed by atoms with E-state index in [1.165, 1.54) is 18.3 Å². The molecule has 0 aliphatic rings. The highest BCUT2D eigenvalue weighted by Gasteiger charge is 2.04. The van der Waals surface area contributed by atoms with E-state index in [0.29, 0.717) is 25.5 Å². The Morgan fingerprint density at radius 3 is 2.58 bits per heavy atom. The molecule has 0 fully saturated rings. The summed E-state index contributed by atoms with van der Waals surface area (Å²) in [7, 11) is 0. The largest absolute Gasteiger partial charge is 0.478 e. The lowest BCUT2D eigenvalue weighted by molar-refractivity contribution is 0.0696. The maximum absolute atomic E-state index is 11.5. The van der Waals surface area contributed by atoms with Crippen molar-refractivity contribution in [2.75, 3.05) is 13.2 Å². The molecule has 2 N–H and O–H groups in total. The number of carbonyl (C=O) groups is 2. The summed E-state index contributed by atoms with van der Waals surface area (Å²) in [5, 5.41) is 11.4. The first-order valence-electron chi connectivity index (χ1n) is 7.42. The number of aromatic carboxylic acids is 1. The van der Waals surface area contributed by atoms with Crippen molar-refractivity contribution < 1.29 is 24.2 Å². The first kappa shape index (κ1) is 17.3. The molecule has 2 rings (SSSR count). The molecule has 1 aromatic heterocycles.